The highest BCUT2D eigenvalue weighted by Crippen LogP contribution is 2.14. The molecule has 0 aliphatic carbocycles. The summed E-state index contributed by atoms with van der Waals surface area (Å²) in [6.07, 6.45) is 3.57. The lowest BCUT2D eigenvalue weighted by Gasteiger charge is -2.15. The van der Waals surface area contributed by atoms with Crippen LogP contribution in [0.1, 0.15) is 27.9 Å². The summed E-state index contributed by atoms with van der Waals surface area (Å²) in [5.74, 6) is -0.125. The SMILES string of the molecule is Cc1ccc(S(=O)(=O)N[C@H](/C=C/c2ccccc2)CC(=O)c2ccccc2)cc1. The van der Waals surface area contributed by atoms with Crippen LogP contribution in [0.25, 0.3) is 6.08 Å². The number of sulfonamides is 1. The number of ketones is 1. The minimum atomic E-state index is -3.76. The van der Waals surface area contributed by atoms with Gasteiger partial charge in [-0.25, -0.2) is 13.1 Å². The maximum Gasteiger partial charge on any atom is 0.241 e. The van der Waals surface area contributed by atoms with Gasteiger partial charge in [-0.3, -0.25) is 4.79 Å². The molecule has 0 aromatic heterocycles. The lowest BCUT2D eigenvalue weighted by Crippen LogP contribution is -2.35. The Morgan fingerprint density at radius 3 is 2.10 bits per heavy atom. The Morgan fingerprint density at radius 2 is 1.48 bits per heavy atom. The summed E-state index contributed by atoms with van der Waals surface area (Å²) in [6.45, 7) is 1.90. The normalized spacial score (nSPS) is 12.7. The second-order valence-electron chi connectivity index (χ2n) is 6.80. The first-order valence-electron chi connectivity index (χ1n) is 9.34. The van der Waals surface area contributed by atoms with E-state index in [4.69, 9.17) is 0 Å². The van der Waals surface area contributed by atoms with E-state index in [-0.39, 0.29) is 17.1 Å². The quantitative estimate of drug-likeness (QED) is 0.556. The third-order valence-corrected chi connectivity index (χ3v) is 5.97. The summed E-state index contributed by atoms with van der Waals surface area (Å²) in [4.78, 5) is 12.8. The van der Waals surface area contributed by atoms with E-state index in [0.29, 0.717) is 5.56 Å². The van der Waals surface area contributed by atoms with Crippen LogP contribution >= 0.6 is 0 Å². The molecule has 1 atom stereocenters. The predicted octanol–water partition coefficient (Wildman–Crippen LogP) is 4.63. The summed E-state index contributed by atoms with van der Waals surface area (Å²) < 4.78 is 28.3. The summed E-state index contributed by atoms with van der Waals surface area (Å²) >= 11 is 0. The molecule has 0 radical (unpaired) electrons. The largest absolute Gasteiger partial charge is 0.294 e. The van der Waals surface area contributed by atoms with Gasteiger partial charge in [-0.1, -0.05) is 90.5 Å². The van der Waals surface area contributed by atoms with E-state index in [1.54, 1.807) is 54.6 Å². The molecule has 0 unspecified atom stereocenters. The van der Waals surface area contributed by atoms with Crippen molar-refractivity contribution in [3.63, 3.8) is 0 Å². The van der Waals surface area contributed by atoms with Gasteiger partial charge in [0.25, 0.3) is 0 Å². The van der Waals surface area contributed by atoms with Crippen molar-refractivity contribution in [3.05, 3.63) is 108 Å². The Morgan fingerprint density at radius 1 is 0.897 bits per heavy atom. The highest BCUT2D eigenvalue weighted by atomic mass is 32.2. The Kier molecular flexibility index (Phi) is 6.75. The molecule has 0 spiro atoms. The average Bonchev–Trinajstić information content (AvgIpc) is 2.73. The average molecular weight is 406 g/mol. The molecule has 3 aromatic carbocycles. The number of Topliss-reactive ketones (excluding diaryl/α,β-unsaturated/α-hetero) is 1. The van der Waals surface area contributed by atoms with Crippen LogP contribution in [-0.4, -0.2) is 20.2 Å². The maximum absolute atomic E-state index is 12.8. The second-order valence-corrected chi connectivity index (χ2v) is 8.52. The zero-order chi connectivity index (χ0) is 20.7. The molecule has 29 heavy (non-hydrogen) atoms. The molecule has 0 bridgehead atoms. The first-order valence-corrected chi connectivity index (χ1v) is 10.8. The zero-order valence-electron chi connectivity index (χ0n) is 16.2. The molecule has 0 saturated carbocycles. The number of rotatable bonds is 8. The Balaban J connectivity index is 1.84. The number of aryl methyl sites for hydroxylation is 1. The van der Waals surface area contributed by atoms with Crippen LogP contribution in [0.15, 0.2) is 95.9 Å². The van der Waals surface area contributed by atoms with Crippen molar-refractivity contribution in [2.24, 2.45) is 0 Å². The number of hydrogen-bond donors (Lipinski definition) is 1. The zero-order valence-corrected chi connectivity index (χ0v) is 17.0. The van der Waals surface area contributed by atoms with E-state index in [2.05, 4.69) is 4.72 Å². The highest BCUT2D eigenvalue weighted by Gasteiger charge is 2.21. The lowest BCUT2D eigenvalue weighted by atomic mass is 10.0. The third-order valence-electron chi connectivity index (χ3n) is 4.46. The summed E-state index contributed by atoms with van der Waals surface area (Å²) in [5.41, 5.74) is 2.46. The van der Waals surface area contributed by atoms with Gasteiger partial charge in [0.2, 0.25) is 10.0 Å². The van der Waals surface area contributed by atoms with Crippen LogP contribution < -0.4 is 4.72 Å². The smallest absolute Gasteiger partial charge is 0.241 e. The molecule has 0 aliphatic rings. The van der Waals surface area contributed by atoms with Crippen LogP contribution in [-0.2, 0) is 10.0 Å². The van der Waals surface area contributed by atoms with Crippen LogP contribution in [0.3, 0.4) is 0 Å². The lowest BCUT2D eigenvalue weighted by molar-refractivity contribution is 0.0978. The molecule has 5 heteroatoms. The van der Waals surface area contributed by atoms with Gasteiger partial charge in [-0.2, -0.15) is 0 Å². The molecule has 3 aromatic rings. The van der Waals surface area contributed by atoms with E-state index in [1.807, 2.05) is 49.4 Å². The van der Waals surface area contributed by atoms with Crippen molar-refractivity contribution >= 4 is 21.9 Å². The molecular weight excluding hydrogens is 382 g/mol. The van der Waals surface area contributed by atoms with Crippen molar-refractivity contribution in [2.75, 3.05) is 0 Å². The fraction of sp³-hybridized carbons (Fsp3) is 0.125. The van der Waals surface area contributed by atoms with E-state index in [1.165, 1.54) is 0 Å². The minimum absolute atomic E-state index is 0.0262. The van der Waals surface area contributed by atoms with E-state index in [0.717, 1.165) is 11.1 Å². The van der Waals surface area contributed by atoms with Gasteiger partial charge in [0.1, 0.15) is 0 Å². The molecule has 0 aliphatic heterocycles. The first-order chi connectivity index (χ1) is 13.9. The number of carbonyl (C=O) groups is 1. The molecule has 0 saturated heterocycles. The van der Waals surface area contributed by atoms with Crippen LogP contribution in [0.5, 0.6) is 0 Å². The third kappa shape index (κ3) is 5.98. The minimum Gasteiger partial charge on any atom is -0.294 e. The fourth-order valence-electron chi connectivity index (χ4n) is 2.87. The predicted molar refractivity (Wildman–Crippen MR) is 116 cm³/mol. The molecular formula is C24H23NO3S. The molecule has 3 rings (SSSR count). The summed E-state index contributed by atoms with van der Waals surface area (Å²) in [7, 11) is -3.76. The number of hydrogen-bond acceptors (Lipinski definition) is 3. The van der Waals surface area contributed by atoms with E-state index in [9.17, 15) is 13.2 Å². The number of nitrogens with one attached hydrogen (secondary N) is 1. The van der Waals surface area contributed by atoms with Crippen molar-refractivity contribution in [1.82, 2.24) is 4.72 Å². The van der Waals surface area contributed by atoms with Gasteiger partial charge < -0.3 is 0 Å². The number of carbonyl (C=O) groups excluding carboxylic acids is 1. The number of benzene rings is 3. The summed E-state index contributed by atoms with van der Waals surface area (Å²) in [6, 6.07) is 24.4. The molecule has 0 heterocycles. The highest BCUT2D eigenvalue weighted by molar-refractivity contribution is 7.89. The van der Waals surface area contributed by atoms with Crippen LogP contribution in [0, 0.1) is 6.92 Å². The van der Waals surface area contributed by atoms with Gasteiger partial charge in [-0.15, -0.1) is 0 Å². The van der Waals surface area contributed by atoms with Crippen LogP contribution in [0.4, 0.5) is 0 Å². The standard InChI is InChI=1S/C24H23NO3S/c1-19-12-16-23(17-13-19)29(27,28)25-22(15-14-20-8-4-2-5-9-20)18-24(26)21-10-6-3-7-11-21/h2-17,22,25H,18H2,1H3/b15-14+/t22-/m1/s1. The van der Waals surface area contributed by atoms with E-state index >= 15 is 0 Å². The second kappa shape index (κ2) is 9.45. The maximum atomic E-state index is 12.8. The van der Waals surface area contributed by atoms with Gasteiger partial charge in [-0.05, 0) is 24.6 Å². The molecule has 148 valence electrons. The Bertz CT molecular complexity index is 1070. The van der Waals surface area contributed by atoms with Crippen molar-refractivity contribution in [3.8, 4) is 0 Å². The molecule has 0 amide bonds. The molecule has 1 N–H and O–H groups in total. The van der Waals surface area contributed by atoms with Gasteiger partial charge in [0, 0.05) is 18.0 Å². The van der Waals surface area contributed by atoms with E-state index < -0.39 is 16.1 Å². The topological polar surface area (TPSA) is 63.2 Å². The van der Waals surface area contributed by atoms with Crippen molar-refractivity contribution < 1.29 is 13.2 Å². The van der Waals surface area contributed by atoms with Gasteiger partial charge >= 0.3 is 0 Å². The van der Waals surface area contributed by atoms with Crippen molar-refractivity contribution in [2.45, 2.75) is 24.3 Å². The first kappa shape index (κ1) is 20.7. The fourth-order valence-corrected chi connectivity index (χ4v) is 4.06. The van der Waals surface area contributed by atoms with Gasteiger partial charge in [0.05, 0.1) is 4.90 Å². The Hall–Kier alpha value is -3.02. The van der Waals surface area contributed by atoms with Crippen molar-refractivity contribution in [1.29, 1.82) is 0 Å². The monoisotopic (exact) mass is 405 g/mol. The Labute approximate surface area is 172 Å². The van der Waals surface area contributed by atoms with Crippen LogP contribution in [0.2, 0.25) is 0 Å². The summed E-state index contributed by atoms with van der Waals surface area (Å²) in [5, 5.41) is 0. The molecule has 0 fully saturated rings. The van der Waals surface area contributed by atoms with Gasteiger partial charge in [0.15, 0.2) is 5.78 Å². The molecule has 4 nitrogen and oxygen atoms in total.